The summed E-state index contributed by atoms with van der Waals surface area (Å²) in [5, 5.41) is 0. The monoisotopic (exact) mass is 605 g/mol. The van der Waals surface area contributed by atoms with Crippen molar-refractivity contribution in [2.75, 3.05) is 32.7 Å². The van der Waals surface area contributed by atoms with Gasteiger partial charge in [-0.15, -0.1) is 0 Å². The lowest BCUT2D eigenvalue weighted by Crippen LogP contribution is -2.57. The van der Waals surface area contributed by atoms with Crippen molar-refractivity contribution in [3.8, 4) is 0 Å². The Morgan fingerprint density at radius 1 is 0.767 bits per heavy atom. The first kappa shape index (κ1) is 31.9. The Balaban J connectivity index is 1.35. The molecule has 2 heterocycles. The van der Waals surface area contributed by atoms with Crippen LogP contribution in [-0.4, -0.2) is 71.5 Å². The Hall–Kier alpha value is -2.52. The topological polar surface area (TPSA) is 26.8 Å². The number of rotatable bonds is 7. The molecule has 2 saturated heterocycles. The summed E-state index contributed by atoms with van der Waals surface area (Å²) >= 11 is 0. The van der Waals surface area contributed by atoms with E-state index >= 15 is 0 Å². The van der Waals surface area contributed by atoms with Crippen molar-refractivity contribution in [1.82, 2.24) is 14.7 Å². The minimum absolute atomic E-state index is 0.252. The lowest BCUT2D eigenvalue weighted by Gasteiger charge is -2.47. The summed E-state index contributed by atoms with van der Waals surface area (Å²) in [6.07, 6.45) is 4.30. The summed E-state index contributed by atoms with van der Waals surface area (Å²) in [6, 6.07) is 12.6. The Morgan fingerprint density at radius 2 is 1.37 bits per heavy atom. The zero-order chi connectivity index (χ0) is 30.6. The minimum atomic E-state index is -4.84. The van der Waals surface area contributed by atoms with Crippen molar-refractivity contribution in [1.29, 1.82) is 0 Å². The third-order valence-electron chi connectivity index (χ3n) is 9.84. The zero-order valence-corrected chi connectivity index (χ0v) is 25.1. The van der Waals surface area contributed by atoms with E-state index in [-0.39, 0.29) is 17.6 Å². The van der Waals surface area contributed by atoms with Gasteiger partial charge in [0, 0.05) is 68.4 Å². The summed E-state index contributed by atoms with van der Waals surface area (Å²) in [5.74, 6) is -4.08. The highest BCUT2D eigenvalue weighted by Gasteiger charge is 2.40. The molecular formula is C34H44F5N3O. The van der Waals surface area contributed by atoms with Gasteiger partial charge in [0.2, 0.25) is 0 Å². The van der Waals surface area contributed by atoms with E-state index in [1.54, 1.807) is 4.90 Å². The largest absolute Gasteiger partial charge is 0.416 e. The second-order valence-electron chi connectivity index (χ2n) is 12.6. The molecule has 0 N–H and O–H groups in total. The lowest BCUT2D eigenvalue weighted by molar-refractivity contribution is -0.137. The molecule has 4 nitrogen and oxygen atoms in total. The van der Waals surface area contributed by atoms with Gasteiger partial charge in [-0.2, -0.15) is 13.2 Å². The summed E-state index contributed by atoms with van der Waals surface area (Å²) in [7, 11) is 0. The smallest absolute Gasteiger partial charge is 0.335 e. The van der Waals surface area contributed by atoms with E-state index in [4.69, 9.17) is 0 Å². The zero-order valence-electron chi connectivity index (χ0n) is 25.1. The molecule has 236 valence electrons. The molecule has 2 aliphatic heterocycles. The first-order chi connectivity index (χ1) is 20.5. The number of benzene rings is 2. The van der Waals surface area contributed by atoms with Gasteiger partial charge in [-0.3, -0.25) is 14.6 Å². The van der Waals surface area contributed by atoms with Crippen LogP contribution in [0.4, 0.5) is 22.0 Å². The SMILES string of the molecule is CCC(F)(F)c1cc(C(=O)N2CCC(N3CCN(C4CCCCCC4)CC3)CC2Cc2ccccc2)cc(C(F)(F)F)c1. The van der Waals surface area contributed by atoms with Gasteiger partial charge in [0.15, 0.2) is 0 Å². The van der Waals surface area contributed by atoms with Crippen LogP contribution in [0, 0.1) is 0 Å². The Bertz CT molecular complexity index is 1200. The standard InChI is InChI=1S/C34H44F5N3O/c1-2-33(35,36)27-21-26(22-28(23-27)34(37,38)39)32(43)42-15-14-30(24-31(42)20-25-10-6-5-7-11-25)41-18-16-40(17-19-41)29-12-8-3-4-9-13-29/h5-7,10-11,21-23,29-31H,2-4,8-9,12-20,24H2,1H3. The number of hydrogen-bond acceptors (Lipinski definition) is 3. The quantitative estimate of drug-likeness (QED) is 0.238. The normalized spacial score (nSPS) is 23.7. The van der Waals surface area contributed by atoms with E-state index in [9.17, 15) is 26.7 Å². The average Bonchev–Trinajstić information content (AvgIpc) is 3.30. The van der Waals surface area contributed by atoms with Crippen LogP contribution < -0.4 is 0 Å². The fourth-order valence-corrected chi connectivity index (χ4v) is 7.30. The van der Waals surface area contributed by atoms with Gasteiger partial charge in [0.1, 0.15) is 0 Å². The highest BCUT2D eigenvalue weighted by Crippen LogP contribution is 2.38. The summed E-state index contributed by atoms with van der Waals surface area (Å²) in [6.45, 7) is 5.60. The second-order valence-corrected chi connectivity index (χ2v) is 12.6. The van der Waals surface area contributed by atoms with E-state index in [0.29, 0.717) is 37.9 Å². The maximum absolute atomic E-state index is 14.6. The van der Waals surface area contributed by atoms with E-state index in [2.05, 4.69) is 9.80 Å². The highest BCUT2D eigenvalue weighted by atomic mass is 19.4. The van der Waals surface area contributed by atoms with Gasteiger partial charge in [-0.25, -0.2) is 8.78 Å². The van der Waals surface area contributed by atoms with E-state index in [1.807, 2.05) is 30.3 Å². The molecule has 5 rings (SSSR count). The van der Waals surface area contributed by atoms with E-state index in [1.165, 1.54) is 45.4 Å². The van der Waals surface area contributed by atoms with Crippen LogP contribution in [0.1, 0.15) is 91.8 Å². The number of hydrogen-bond donors (Lipinski definition) is 0. The molecule has 3 aliphatic rings. The summed E-state index contributed by atoms with van der Waals surface area (Å²) in [5.41, 5.74) is -1.28. The molecule has 0 bridgehead atoms. The van der Waals surface area contributed by atoms with Crippen molar-refractivity contribution in [2.24, 2.45) is 0 Å². The average molecular weight is 606 g/mol. The molecule has 3 fully saturated rings. The molecule has 9 heteroatoms. The van der Waals surface area contributed by atoms with Crippen molar-refractivity contribution >= 4 is 5.91 Å². The van der Waals surface area contributed by atoms with Gasteiger partial charge in [-0.05, 0) is 55.9 Å². The summed E-state index contributed by atoms with van der Waals surface area (Å²) < 4.78 is 70.5. The molecule has 0 radical (unpaired) electrons. The highest BCUT2D eigenvalue weighted by molar-refractivity contribution is 5.95. The third kappa shape index (κ3) is 7.77. The molecule has 2 aromatic carbocycles. The minimum Gasteiger partial charge on any atom is -0.335 e. The molecule has 1 aliphatic carbocycles. The van der Waals surface area contributed by atoms with Crippen LogP contribution in [0.5, 0.6) is 0 Å². The van der Waals surface area contributed by atoms with Crippen LogP contribution in [0.2, 0.25) is 0 Å². The van der Waals surface area contributed by atoms with E-state index in [0.717, 1.165) is 43.9 Å². The first-order valence-corrected chi connectivity index (χ1v) is 16.0. The molecule has 1 saturated carbocycles. The lowest BCUT2D eigenvalue weighted by atomic mass is 9.89. The maximum Gasteiger partial charge on any atom is 0.416 e. The maximum atomic E-state index is 14.6. The van der Waals surface area contributed by atoms with Crippen LogP contribution in [0.25, 0.3) is 0 Å². The first-order valence-electron chi connectivity index (χ1n) is 16.0. The fraction of sp³-hybridized carbons (Fsp3) is 0.618. The Morgan fingerprint density at radius 3 is 1.98 bits per heavy atom. The van der Waals surface area contributed by atoms with Gasteiger partial charge in [-0.1, -0.05) is 62.9 Å². The van der Waals surface area contributed by atoms with Crippen molar-refractivity contribution < 1.29 is 26.7 Å². The molecule has 43 heavy (non-hydrogen) atoms. The summed E-state index contributed by atoms with van der Waals surface area (Å²) in [4.78, 5) is 20.7. The molecule has 0 spiro atoms. The van der Waals surface area contributed by atoms with Crippen LogP contribution in [0.15, 0.2) is 48.5 Å². The number of amides is 1. The molecule has 2 atom stereocenters. The predicted octanol–water partition coefficient (Wildman–Crippen LogP) is 7.76. The number of carbonyl (C=O) groups excluding carboxylic acids is 1. The van der Waals surface area contributed by atoms with Gasteiger partial charge in [0.05, 0.1) is 5.56 Å². The Labute approximate surface area is 252 Å². The van der Waals surface area contributed by atoms with Gasteiger partial charge >= 0.3 is 6.18 Å². The van der Waals surface area contributed by atoms with Crippen molar-refractivity contribution in [3.05, 3.63) is 70.8 Å². The van der Waals surface area contributed by atoms with Crippen LogP contribution in [-0.2, 0) is 18.5 Å². The number of nitrogens with zero attached hydrogens (tertiary/aromatic N) is 3. The molecule has 1 amide bonds. The molecule has 2 aromatic rings. The molecular weight excluding hydrogens is 561 g/mol. The Kier molecular flexibility index (Phi) is 10.1. The number of likely N-dealkylation sites (tertiary alicyclic amines) is 1. The number of piperidine rings is 1. The van der Waals surface area contributed by atoms with Crippen molar-refractivity contribution in [2.45, 2.75) is 101 Å². The fourth-order valence-electron chi connectivity index (χ4n) is 7.30. The van der Waals surface area contributed by atoms with Crippen LogP contribution >= 0.6 is 0 Å². The second kappa shape index (κ2) is 13.6. The predicted molar refractivity (Wildman–Crippen MR) is 158 cm³/mol. The molecule has 2 unspecified atom stereocenters. The third-order valence-corrected chi connectivity index (χ3v) is 9.84. The van der Waals surface area contributed by atoms with Gasteiger partial charge < -0.3 is 4.90 Å². The van der Waals surface area contributed by atoms with Gasteiger partial charge in [0.25, 0.3) is 11.8 Å². The van der Waals surface area contributed by atoms with Crippen molar-refractivity contribution in [3.63, 3.8) is 0 Å². The number of alkyl halides is 5. The number of halogens is 5. The van der Waals surface area contributed by atoms with E-state index < -0.39 is 35.6 Å². The number of piperazine rings is 1. The van der Waals surface area contributed by atoms with Crippen LogP contribution in [0.3, 0.4) is 0 Å². The number of carbonyl (C=O) groups is 1. The molecule has 0 aromatic heterocycles.